The number of rotatable bonds is 3. The molecule has 0 spiro atoms. The van der Waals surface area contributed by atoms with Crippen molar-refractivity contribution in [3.05, 3.63) is 109 Å². The summed E-state index contributed by atoms with van der Waals surface area (Å²) in [6.07, 6.45) is 2.12. The lowest BCUT2D eigenvalue weighted by Gasteiger charge is -2.16. The second-order valence-electron chi connectivity index (χ2n) is 6.52. The smallest absolute Gasteiger partial charge is 0.0956 e. The minimum absolute atomic E-state index is 0.990. The predicted molar refractivity (Wildman–Crippen MR) is 112 cm³/mol. The largest absolute Gasteiger partial charge is 0.312 e. The summed E-state index contributed by atoms with van der Waals surface area (Å²) in [4.78, 5) is 5.17. The second kappa shape index (κ2) is 6.58. The highest BCUT2D eigenvalue weighted by Gasteiger charge is 2.17. The zero-order valence-corrected chi connectivity index (χ0v) is 14.8. The lowest BCUT2D eigenvalue weighted by atomic mass is 10.0. The molecule has 0 atom stereocenters. The lowest BCUT2D eigenvalue weighted by molar-refractivity contribution is 1.15. The van der Waals surface area contributed by atoms with Gasteiger partial charge in [0.15, 0.2) is 0 Å². The van der Waals surface area contributed by atoms with Gasteiger partial charge in [-0.2, -0.15) is 0 Å². The molecule has 2 aromatic heterocycles. The zero-order valence-electron chi connectivity index (χ0n) is 14.8. The predicted octanol–water partition coefficient (Wildman–Crippen LogP) is 6.34. The van der Waals surface area contributed by atoms with Crippen LogP contribution in [0.5, 0.6) is 0 Å². The van der Waals surface area contributed by atoms with Gasteiger partial charge in [-0.05, 0) is 12.1 Å². The van der Waals surface area contributed by atoms with Crippen molar-refractivity contribution in [2.24, 2.45) is 0 Å². The quantitative estimate of drug-likeness (QED) is 0.373. The highest BCUT2D eigenvalue weighted by molar-refractivity contribution is 5.87. The van der Waals surface area contributed by atoms with E-state index >= 15 is 0 Å². The van der Waals surface area contributed by atoms with E-state index in [-0.39, 0.29) is 0 Å². The van der Waals surface area contributed by atoms with Crippen LogP contribution < -0.4 is 0 Å². The molecule has 0 unspecified atom stereocenters. The molecule has 0 radical (unpaired) electrons. The van der Waals surface area contributed by atoms with Gasteiger partial charge in [-0.1, -0.05) is 91.0 Å². The molecule has 0 bridgehead atoms. The monoisotopic (exact) mass is 346 g/mol. The average Bonchev–Trinajstić information content (AvgIpc) is 3.24. The highest BCUT2D eigenvalue weighted by atomic mass is 14.9. The lowest BCUT2D eigenvalue weighted by Crippen LogP contribution is -2.01. The summed E-state index contributed by atoms with van der Waals surface area (Å²) >= 11 is 0. The molecule has 0 fully saturated rings. The minimum atomic E-state index is 0.990. The topological polar surface area (TPSA) is 17.3 Å². The van der Waals surface area contributed by atoms with Crippen molar-refractivity contribution < 1.29 is 0 Å². The fourth-order valence-corrected chi connectivity index (χ4v) is 3.58. The maximum absolute atomic E-state index is 5.17. The Bertz CT molecular complexity index is 1190. The van der Waals surface area contributed by atoms with Crippen LogP contribution in [0, 0.1) is 0 Å². The van der Waals surface area contributed by atoms with Crippen molar-refractivity contribution in [3.8, 4) is 33.8 Å². The fraction of sp³-hybridized carbons (Fsp3) is 0. The van der Waals surface area contributed by atoms with Crippen LogP contribution in [0.25, 0.3) is 39.3 Å². The van der Waals surface area contributed by atoms with E-state index in [2.05, 4.69) is 95.5 Å². The third-order valence-corrected chi connectivity index (χ3v) is 4.82. The van der Waals surface area contributed by atoms with Gasteiger partial charge in [0, 0.05) is 22.9 Å². The Kier molecular flexibility index (Phi) is 3.80. The van der Waals surface area contributed by atoms with E-state index in [1.807, 2.05) is 18.2 Å². The van der Waals surface area contributed by atoms with Gasteiger partial charge in [-0.3, -0.25) is 0 Å². The molecule has 0 saturated carbocycles. The van der Waals surface area contributed by atoms with Crippen molar-refractivity contribution >= 4 is 5.52 Å². The first kappa shape index (κ1) is 15.6. The number of aromatic nitrogens is 2. The first-order valence-corrected chi connectivity index (χ1v) is 9.09. The van der Waals surface area contributed by atoms with Crippen molar-refractivity contribution in [2.75, 3.05) is 0 Å². The number of hydrogen-bond donors (Lipinski definition) is 0. The molecule has 0 N–H and O–H groups in total. The summed E-state index contributed by atoms with van der Waals surface area (Å²) in [5.41, 5.74) is 7.61. The molecular formula is C25H18N2. The number of fused-ring (bicyclic) bond motifs is 1. The van der Waals surface area contributed by atoms with Gasteiger partial charge in [-0.25, -0.2) is 4.98 Å². The Hall–Kier alpha value is -3.65. The molecular weight excluding hydrogens is 328 g/mol. The van der Waals surface area contributed by atoms with Gasteiger partial charge < -0.3 is 4.40 Å². The van der Waals surface area contributed by atoms with Crippen molar-refractivity contribution in [2.45, 2.75) is 0 Å². The average molecular weight is 346 g/mol. The fourth-order valence-electron chi connectivity index (χ4n) is 3.58. The van der Waals surface area contributed by atoms with E-state index in [0.717, 1.165) is 39.3 Å². The Morgan fingerprint density at radius 3 is 1.59 bits per heavy atom. The summed E-state index contributed by atoms with van der Waals surface area (Å²) in [5.74, 6) is 0. The van der Waals surface area contributed by atoms with Gasteiger partial charge in [-0.15, -0.1) is 0 Å². The van der Waals surface area contributed by atoms with E-state index in [4.69, 9.17) is 4.98 Å². The highest BCUT2D eigenvalue weighted by Crippen LogP contribution is 2.35. The van der Waals surface area contributed by atoms with Crippen LogP contribution in [0.15, 0.2) is 109 Å². The Labute approximate surface area is 158 Å². The van der Waals surface area contributed by atoms with Gasteiger partial charge in [0.05, 0.1) is 22.6 Å². The van der Waals surface area contributed by atoms with Gasteiger partial charge in [0.2, 0.25) is 0 Å². The number of hydrogen-bond acceptors (Lipinski definition) is 1. The Morgan fingerprint density at radius 1 is 0.481 bits per heavy atom. The molecule has 27 heavy (non-hydrogen) atoms. The van der Waals surface area contributed by atoms with Crippen LogP contribution in [0.1, 0.15) is 0 Å². The van der Waals surface area contributed by atoms with Crippen molar-refractivity contribution in [1.82, 2.24) is 9.38 Å². The molecule has 2 nitrogen and oxygen atoms in total. The summed E-state index contributed by atoms with van der Waals surface area (Å²) in [7, 11) is 0. The van der Waals surface area contributed by atoms with E-state index in [9.17, 15) is 0 Å². The maximum atomic E-state index is 5.17. The standard InChI is InChI=1S/C25H18N2/c1-4-11-19(12-5-1)23-22-17-10-18-27(22)25(21-15-8-3-9-16-21)24(26-23)20-13-6-2-7-14-20/h1-18H. The van der Waals surface area contributed by atoms with Crippen LogP contribution in [-0.2, 0) is 0 Å². The van der Waals surface area contributed by atoms with Crippen LogP contribution in [0.3, 0.4) is 0 Å². The number of benzene rings is 3. The van der Waals surface area contributed by atoms with E-state index in [0.29, 0.717) is 0 Å². The zero-order chi connectivity index (χ0) is 18.1. The van der Waals surface area contributed by atoms with Crippen molar-refractivity contribution in [1.29, 1.82) is 0 Å². The van der Waals surface area contributed by atoms with Crippen LogP contribution >= 0.6 is 0 Å². The van der Waals surface area contributed by atoms with Crippen LogP contribution in [0.4, 0.5) is 0 Å². The van der Waals surface area contributed by atoms with Gasteiger partial charge in [0.25, 0.3) is 0 Å². The molecule has 0 aliphatic carbocycles. The van der Waals surface area contributed by atoms with Gasteiger partial charge in [0.1, 0.15) is 0 Å². The summed E-state index contributed by atoms with van der Waals surface area (Å²) < 4.78 is 2.26. The van der Waals surface area contributed by atoms with E-state index in [1.54, 1.807) is 0 Å². The second-order valence-corrected chi connectivity index (χ2v) is 6.52. The van der Waals surface area contributed by atoms with Crippen LogP contribution in [-0.4, -0.2) is 9.38 Å². The van der Waals surface area contributed by atoms with E-state index < -0.39 is 0 Å². The third-order valence-electron chi connectivity index (χ3n) is 4.82. The number of nitrogens with zero attached hydrogens (tertiary/aromatic N) is 2. The normalized spacial score (nSPS) is 11.0. The van der Waals surface area contributed by atoms with Gasteiger partial charge >= 0.3 is 0 Å². The summed E-state index contributed by atoms with van der Waals surface area (Å²) in [6.45, 7) is 0. The Morgan fingerprint density at radius 2 is 1.00 bits per heavy atom. The SMILES string of the molecule is c1ccc(-c2nc(-c3ccccc3)c3cccn3c2-c2ccccc2)cc1. The first-order chi connectivity index (χ1) is 13.4. The molecule has 128 valence electrons. The Balaban J connectivity index is 1.90. The molecule has 2 heterocycles. The molecule has 0 amide bonds. The van der Waals surface area contributed by atoms with Crippen LogP contribution in [0.2, 0.25) is 0 Å². The van der Waals surface area contributed by atoms with Crippen molar-refractivity contribution in [3.63, 3.8) is 0 Å². The molecule has 2 heteroatoms. The molecule has 0 saturated heterocycles. The summed E-state index contributed by atoms with van der Waals surface area (Å²) in [5, 5.41) is 0. The molecule has 0 aliphatic rings. The third kappa shape index (κ3) is 2.72. The molecule has 5 aromatic rings. The van der Waals surface area contributed by atoms with E-state index in [1.165, 1.54) is 0 Å². The first-order valence-electron chi connectivity index (χ1n) is 9.09. The maximum Gasteiger partial charge on any atom is 0.0956 e. The molecule has 3 aromatic carbocycles. The molecule has 5 rings (SSSR count). The minimum Gasteiger partial charge on any atom is -0.312 e. The molecule has 0 aliphatic heterocycles. The summed E-state index contributed by atoms with van der Waals surface area (Å²) in [6, 6.07) is 35.5.